The number of hydrogen-bond donors (Lipinski definition) is 0. The molecule has 0 aliphatic carbocycles. The predicted molar refractivity (Wildman–Crippen MR) is 82.8 cm³/mol. The summed E-state index contributed by atoms with van der Waals surface area (Å²) in [7, 11) is 3.84. The zero-order chi connectivity index (χ0) is 14.3. The molecular weight excluding hydrogens is 304 g/mol. The molecule has 19 heavy (non-hydrogen) atoms. The van der Waals surface area contributed by atoms with E-state index in [-0.39, 0.29) is 0 Å². The standard InChI is InChI=1S/C7H9BrN2.C7H12N2/c1-3-4-7-6(8)5-10(2)9-7;1-3-4-7-5-6-9(2)8-7/h3-5H,1-2H3;5-6H,3-4H2,1-2H3/b4-3+;. The molecule has 0 aliphatic heterocycles. The van der Waals surface area contributed by atoms with Gasteiger partial charge in [-0.2, -0.15) is 10.2 Å². The van der Waals surface area contributed by atoms with Crippen LogP contribution in [0.4, 0.5) is 0 Å². The SMILES string of the molecule is C/C=C/c1nn(C)cc1Br.CCCc1ccn(C)n1. The summed E-state index contributed by atoms with van der Waals surface area (Å²) < 4.78 is 4.65. The van der Waals surface area contributed by atoms with Crippen LogP contribution in [0.25, 0.3) is 6.08 Å². The molecule has 0 unspecified atom stereocenters. The average molecular weight is 325 g/mol. The lowest BCUT2D eigenvalue weighted by atomic mass is 10.3. The van der Waals surface area contributed by atoms with Gasteiger partial charge in [0, 0.05) is 26.5 Å². The largest absolute Gasteiger partial charge is 0.276 e. The number of hydrogen-bond acceptors (Lipinski definition) is 2. The summed E-state index contributed by atoms with van der Waals surface area (Å²) in [6.07, 6.45) is 10.1. The Morgan fingerprint density at radius 3 is 2.42 bits per heavy atom. The van der Waals surface area contributed by atoms with Gasteiger partial charge in [0.25, 0.3) is 0 Å². The number of allylic oxidation sites excluding steroid dienone is 1. The lowest BCUT2D eigenvalue weighted by Crippen LogP contribution is -1.89. The highest BCUT2D eigenvalue weighted by molar-refractivity contribution is 9.10. The van der Waals surface area contributed by atoms with E-state index in [1.165, 1.54) is 12.1 Å². The van der Waals surface area contributed by atoms with E-state index in [0.717, 1.165) is 16.6 Å². The van der Waals surface area contributed by atoms with Crippen molar-refractivity contribution in [1.29, 1.82) is 0 Å². The van der Waals surface area contributed by atoms with Crippen molar-refractivity contribution in [2.45, 2.75) is 26.7 Å². The molecule has 104 valence electrons. The van der Waals surface area contributed by atoms with E-state index in [0.29, 0.717) is 0 Å². The van der Waals surface area contributed by atoms with Crippen LogP contribution in [-0.2, 0) is 20.5 Å². The van der Waals surface area contributed by atoms with Gasteiger partial charge in [0.1, 0.15) is 0 Å². The van der Waals surface area contributed by atoms with E-state index in [1.54, 1.807) is 4.68 Å². The highest BCUT2D eigenvalue weighted by Crippen LogP contribution is 2.14. The minimum atomic E-state index is 0.977. The fourth-order valence-corrected chi connectivity index (χ4v) is 2.11. The molecule has 0 saturated heterocycles. The number of aromatic nitrogens is 4. The Kier molecular flexibility index (Phi) is 6.56. The van der Waals surface area contributed by atoms with Gasteiger partial charge >= 0.3 is 0 Å². The molecule has 0 aliphatic rings. The molecule has 0 atom stereocenters. The highest BCUT2D eigenvalue weighted by atomic mass is 79.9. The van der Waals surface area contributed by atoms with Crippen LogP contribution in [-0.4, -0.2) is 19.6 Å². The Morgan fingerprint density at radius 1 is 1.26 bits per heavy atom. The maximum Gasteiger partial charge on any atom is 0.0989 e. The van der Waals surface area contributed by atoms with Gasteiger partial charge in [-0.3, -0.25) is 9.36 Å². The third kappa shape index (κ3) is 5.42. The Hall–Kier alpha value is -1.36. The third-order valence-electron chi connectivity index (χ3n) is 2.41. The Balaban J connectivity index is 0.000000191. The minimum Gasteiger partial charge on any atom is -0.276 e. The maximum atomic E-state index is 4.22. The molecule has 0 fully saturated rings. The van der Waals surface area contributed by atoms with Crippen molar-refractivity contribution in [3.8, 4) is 0 Å². The van der Waals surface area contributed by atoms with Crippen LogP contribution in [0, 0.1) is 0 Å². The monoisotopic (exact) mass is 324 g/mol. The maximum absolute atomic E-state index is 4.22. The van der Waals surface area contributed by atoms with E-state index in [2.05, 4.69) is 39.1 Å². The van der Waals surface area contributed by atoms with E-state index >= 15 is 0 Å². The predicted octanol–water partition coefficient (Wildman–Crippen LogP) is 3.59. The molecule has 0 aromatic carbocycles. The van der Waals surface area contributed by atoms with E-state index in [4.69, 9.17) is 0 Å². The first-order valence-corrected chi connectivity index (χ1v) is 7.16. The van der Waals surface area contributed by atoms with Crippen molar-refractivity contribution in [3.63, 3.8) is 0 Å². The van der Waals surface area contributed by atoms with E-state index < -0.39 is 0 Å². The Morgan fingerprint density at radius 2 is 2.00 bits per heavy atom. The molecule has 2 heterocycles. The van der Waals surface area contributed by atoms with Crippen LogP contribution in [0.5, 0.6) is 0 Å². The summed E-state index contributed by atoms with van der Waals surface area (Å²) in [5, 5.41) is 8.40. The van der Waals surface area contributed by atoms with E-state index in [9.17, 15) is 0 Å². The van der Waals surface area contributed by atoms with Gasteiger partial charge < -0.3 is 0 Å². The molecular formula is C14H21BrN4. The summed E-state index contributed by atoms with van der Waals surface area (Å²) in [4.78, 5) is 0. The van der Waals surface area contributed by atoms with Crippen molar-refractivity contribution in [2.24, 2.45) is 14.1 Å². The molecule has 0 bridgehead atoms. The molecule has 0 N–H and O–H groups in total. The summed E-state index contributed by atoms with van der Waals surface area (Å²) in [6, 6.07) is 2.06. The van der Waals surface area contributed by atoms with Gasteiger partial charge in [0.15, 0.2) is 0 Å². The van der Waals surface area contributed by atoms with Crippen molar-refractivity contribution >= 4 is 22.0 Å². The number of aryl methyl sites for hydroxylation is 3. The summed E-state index contributed by atoms with van der Waals surface area (Å²) >= 11 is 3.38. The topological polar surface area (TPSA) is 35.6 Å². The molecule has 0 spiro atoms. The van der Waals surface area contributed by atoms with Crippen LogP contribution < -0.4 is 0 Å². The Labute approximate surface area is 123 Å². The fraction of sp³-hybridized carbons (Fsp3) is 0.429. The van der Waals surface area contributed by atoms with Gasteiger partial charge in [0.2, 0.25) is 0 Å². The van der Waals surface area contributed by atoms with Crippen molar-refractivity contribution in [1.82, 2.24) is 19.6 Å². The smallest absolute Gasteiger partial charge is 0.0989 e. The van der Waals surface area contributed by atoms with Gasteiger partial charge in [0.05, 0.1) is 15.9 Å². The Bertz CT molecular complexity index is 525. The summed E-state index contributed by atoms with van der Waals surface area (Å²) in [6.45, 7) is 4.13. The van der Waals surface area contributed by atoms with Gasteiger partial charge in [-0.05, 0) is 41.4 Å². The zero-order valence-electron chi connectivity index (χ0n) is 12.0. The second kappa shape index (κ2) is 7.94. The number of halogens is 1. The lowest BCUT2D eigenvalue weighted by molar-refractivity contribution is 0.733. The highest BCUT2D eigenvalue weighted by Gasteiger charge is 1.98. The van der Waals surface area contributed by atoms with Crippen LogP contribution >= 0.6 is 15.9 Å². The molecule has 5 heteroatoms. The zero-order valence-corrected chi connectivity index (χ0v) is 13.6. The second-order valence-corrected chi connectivity index (χ2v) is 5.12. The average Bonchev–Trinajstić information content (AvgIpc) is 2.88. The first kappa shape index (κ1) is 15.7. The molecule has 0 saturated carbocycles. The first-order valence-electron chi connectivity index (χ1n) is 6.37. The van der Waals surface area contributed by atoms with Crippen LogP contribution in [0.3, 0.4) is 0 Å². The van der Waals surface area contributed by atoms with Crippen molar-refractivity contribution in [2.75, 3.05) is 0 Å². The van der Waals surface area contributed by atoms with Crippen molar-refractivity contribution < 1.29 is 0 Å². The molecule has 4 nitrogen and oxygen atoms in total. The molecule has 2 aromatic rings. The second-order valence-electron chi connectivity index (χ2n) is 4.27. The molecule has 0 amide bonds. The van der Waals surface area contributed by atoms with Crippen LogP contribution in [0.15, 0.2) is 29.0 Å². The summed E-state index contributed by atoms with van der Waals surface area (Å²) in [5.41, 5.74) is 2.17. The summed E-state index contributed by atoms with van der Waals surface area (Å²) in [5.74, 6) is 0. The van der Waals surface area contributed by atoms with Crippen molar-refractivity contribution in [3.05, 3.63) is 40.4 Å². The van der Waals surface area contributed by atoms with Gasteiger partial charge in [-0.15, -0.1) is 0 Å². The van der Waals surface area contributed by atoms with Crippen LogP contribution in [0.2, 0.25) is 0 Å². The number of rotatable bonds is 3. The van der Waals surface area contributed by atoms with Crippen LogP contribution in [0.1, 0.15) is 31.7 Å². The fourth-order valence-electron chi connectivity index (χ4n) is 1.60. The first-order chi connectivity index (χ1) is 9.06. The molecule has 2 aromatic heterocycles. The van der Waals surface area contributed by atoms with E-state index in [1.807, 2.05) is 50.2 Å². The van der Waals surface area contributed by atoms with Gasteiger partial charge in [-0.1, -0.05) is 19.4 Å². The normalized spacial score (nSPS) is 10.6. The number of nitrogens with zero attached hydrogens (tertiary/aromatic N) is 4. The van der Waals surface area contributed by atoms with Gasteiger partial charge in [-0.25, -0.2) is 0 Å². The lowest BCUT2D eigenvalue weighted by Gasteiger charge is -1.87. The minimum absolute atomic E-state index is 0.977. The quantitative estimate of drug-likeness (QED) is 0.864. The molecule has 2 rings (SSSR count). The third-order valence-corrected chi connectivity index (χ3v) is 3.02. The molecule has 0 radical (unpaired) electrons.